The largest absolute Gasteiger partial charge is 0.349 e. The monoisotopic (exact) mass is 418 g/mol. The summed E-state index contributed by atoms with van der Waals surface area (Å²) in [5.41, 5.74) is 1.26. The first-order valence-corrected chi connectivity index (χ1v) is 10.7. The molecule has 1 aromatic heterocycles. The number of carbonyl (C=O) groups excluding carboxylic acids is 2. The fourth-order valence-electron chi connectivity index (χ4n) is 3.96. The number of likely N-dealkylation sites (tertiary alicyclic amines) is 1. The van der Waals surface area contributed by atoms with Crippen LogP contribution in [0.2, 0.25) is 0 Å². The van der Waals surface area contributed by atoms with Crippen LogP contribution in [0.25, 0.3) is 10.9 Å². The Hall–Kier alpha value is -3.48. The van der Waals surface area contributed by atoms with Gasteiger partial charge in [0.05, 0.1) is 17.2 Å². The van der Waals surface area contributed by atoms with Gasteiger partial charge >= 0.3 is 0 Å². The van der Waals surface area contributed by atoms with Crippen LogP contribution < -0.4 is 10.9 Å². The van der Waals surface area contributed by atoms with E-state index in [1.165, 1.54) is 0 Å². The molecule has 7 heteroatoms. The van der Waals surface area contributed by atoms with Crippen molar-refractivity contribution in [1.82, 2.24) is 19.8 Å². The minimum absolute atomic E-state index is 0.0696. The topological polar surface area (TPSA) is 84.3 Å². The van der Waals surface area contributed by atoms with Gasteiger partial charge in [0.2, 0.25) is 5.91 Å². The summed E-state index contributed by atoms with van der Waals surface area (Å²) in [5, 5.41) is 3.65. The van der Waals surface area contributed by atoms with Crippen molar-refractivity contribution in [2.45, 2.75) is 38.3 Å². The highest BCUT2D eigenvalue weighted by molar-refractivity contribution is 5.94. The number of hydrogen-bond acceptors (Lipinski definition) is 4. The quantitative estimate of drug-likeness (QED) is 0.667. The van der Waals surface area contributed by atoms with E-state index >= 15 is 0 Å². The zero-order valence-electron chi connectivity index (χ0n) is 17.4. The number of nitrogens with one attached hydrogen (secondary N) is 1. The molecule has 2 heterocycles. The predicted molar refractivity (Wildman–Crippen MR) is 119 cm³/mol. The fraction of sp³-hybridized carbons (Fsp3) is 0.333. The van der Waals surface area contributed by atoms with Crippen LogP contribution in [-0.2, 0) is 11.3 Å². The molecular formula is C24H26N4O3. The van der Waals surface area contributed by atoms with Gasteiger partial charge < -0.3 is 10.2 Å². The fourth-order valence-corrected chi connectivity index (χ4v) is 3.96. The molecule has 1 saturated heterocycles. The molecule has 1 aliphatic rings. The van der Waals surface area contributed by atoms with Crippen molar-refractivity contribution < 1.29 is 9.59 Å². The second-order valence-electron chi connectivity index (χ2n) is 7.86. The second kappa shape index (κ2) is 9.55. The van der Waals surface area contributed by atoms with E-state index in [1.807, 2.05) is 41.3 Å². The van der Waals surface area contributed by atoms with Gasteiger partial charge in [-0.1, -0.05) is 30.3 Å². The third-order valence-electron chi connectivity index (χ3n) is 5.74. The van der Waals surface area contributed by atoms with Crippen molar-refractivity contribution >= 4 is 22.7 Å². The number of carbonyl (C=O) groups is 2. The van der Waals surface area contributed by atoms with E-state index < -0.39 is 0 Å². The maximum Gasteiger partial charge on any atom is 0.261 e. The van der Waals surface area contributed by atoms with Gasteiger partial charge in [0, 0.05) is 37.7 Å². The van der Waals surface area contributed by atoms with Crippen LogP contribution in [0.4, 0.5) is 0 Å². The molecule has 0 saturated carbocycles. The smallest absolute Gasteiger partial charge is 0.261 e. The normalized spacial score (nSPS) is 14.5. The Morgan fingerprint density at radius 1 is 1.00 bits per heavy atom. The van der Waals surface area contributed by atoms with Crippen LogP contribution in [0.15, 0.2) is 65.7 Å². The van der Waals surface area contributed by atoms with E-state index in [9.17, 15) is 14.4 Å². The summed E-state index contributed by atoms with van der Waals surface area (Å²) in [6, 6.07) is 16.5. The highest BCUT2D eigenvalue weighted by atomic mass is 16.2. The van der Waals surface area contributed by atoms with Crippen molar-refractivity contribution in [3.8, 4) is 0 Å². The van der Waals surface area contributed by atoms with Crippen LogP contribution in [0.1, 0.15) is 36.0 Å². The van der Waals surface area contributed by atoms with Crippen LogP contribution in [0.5, 0.6) is 0 Å². The lowest BCUT2D eigenvalue weighted by Crippen LogP contribution is -2.46. The van der Waals surface area contributed by atoms with E-state index in [4.69, 9.17) is 0 Å². The van der Waals surface area contributed by atoms with Gasteiger partial charge in [-0.25, -0.2) is 4.98 Å². The Labute approximate surface area is 180 Å². The molecule has 3 aromatic rings. The average molecular weight is 418 g/mol. The molecule has 4 rings (SSSR count). The Morgan fingerprint density at radius 2 is 1.71 bits per heavy atom. The van der Waals surface area contributed by atoms with Crippen molar-refractivity contribution in [3.05, 3.63) is 76.8 Å². The summed E-state index contributed by atoms with van der Waals surface area (Å²) in [6.45, 7) is 1.73. The molecule has 160 valence electrons. The Bertz CT molecular complexity index is 1120. The molecule has 2 aromatic carbocycles. The number of nitrogens with zero attached hydrogens (tertiary/aromatic N) is 3. The molecule has 31 heavy (non-hydrogen) atoms. The van der Waals surface area contributed by atoms with Crippen LogP contribution in [0.3, 0.4) is 0 Å². The van der Waals surface area contributed by atoms with Crippen molar-refractivity contribution in [2.24, 2.45) is 0 Å². The van der Waals surface area contributed by atoms with E-state index in [1.54, 1.807) is 29.1 Å². The van der Waals surface area contributed by atoms with Crippen LogP contribution >= 0.6 is 0 Å². The van der Waals surface area contributed by atoms with Crippen LogP contribution in [-0.4, -0.2) is 45.4 Å². The lowest BCUT2D eigenvalue weighted by Gasteiger charge is -2.32. The molecule has 0 radical (unpaired) electrons. The van der Waals surface area contributed by atoms with Gasteiger partial charge in [0.25, 0.3) is 11.5 Å². The van der Waals surface area contributed by atoms with E-state index in [-0.39, 0.29) is 23.4 Å². The summed E-state index contributed by atoms with van der Waals surface area (Å²) in [6.07, 6.45) is 4.02. The number of benzene rings is 2. The van der Waals surface area contributed by atoms with Gasteiger partial charge in [-0.05, 0) is 43.5 Å². The summed E-state index contributed by atoms with van der Waals surface area (Å²) < 4.78 is 1.57. The van der Waals surface area contributed by atoms with E-state index in [0.29, 0.717) is 48.9 Å². The van der Waals surface area contributed by atoms with Gasteiger partial charge in [0.15, 0.2) is 0 Å². The van der Waals surface area contributed by atoms with Crippen molar-refractivity contribution in [1.29, 1.82) is 0 Å². The first-order chi connectivity index (χ1) is 15.1. The minimum Gasteiger partial charge on any atom is -0.349 e. The number of piperidine rings is 1. The molecule has 2 amide bonds. The molecular weight excluding hydrogens is 392 g/mol. The van der Waals surface area contributed by atoms with Crippen LogP contribution in [0, 0.1) is 0 Å². The van der Waals surface area contributed by atoms with E-state index in [0.717, 1.165) is 12.8 Å². The molecule has 0 atom stereocenters. The molecule has 0 unspecified atom stereocenters. The Kier molecular flexibility index (Phi) is 6.40. The summed E-state index contributed by atoms with van der Waals surface area (Å²) in [4.78, 5) is 43.6. The zero-order valence-corrected chi connectivity index (χ0v) is 17.4. The van der Waals surface area contributed by atoms with Crippen molar-refractivity contribution in [2.75, 3.05) is 13.1 Å². The van der Waals surface area contributed by atoms with Gasteiger partial charge in [-0.2, -0.15) is 0 Å². The average Bonchev–Trinajstić information content (AvgIpc) is 2.81. The highest BCUT2D eigenvalue weighted by Gasteiger charge is 2.23. The van der Waals surface area contributed by atoms with Crippen molar-refractivity contribution in [3.63, 3.8) is 0 Å². The number of hydrogen-bond donors (Lipinski definition) is 1. The number of aromatic nitrogens is 2. The van der Waals surface area contributed by atoms with E-state index in [2.05, 4.69) is 10.3 Å². The summed E-state index contributed by atoms with van der Waals surface area (Å²) in [5.74, 6) is 0.0226. The number of amides is 2. The third kappa shape index (κ3) is 4.99. The molecule has 0 aliphatic carbocycles. The zero-order chi connectivity index (χ0) is 21.6. The molecule has 1 aliphatic heterocycles. The number of aryl methyl sites for hydroxylation is 1. The van der Waals surface area contributed by atoms with Gasteiger partial charge in [-0.15, -0.1) is 0 Å². The molecule has 0 bridgehead atoms. The molecule has 1 fully saturated rings. The molecule has 7 nitrogen and oxygen atoms in total. The lowest BCUT2D eigenvalue weighted by atomic mass is 10.0. The first kappa shape index (κ1) is 20.8. The SMILES string of the molecule is O=C(NC1CCN(C(=O)CCCn2cnc3ccccc3c2=O)CC1)c1ccccc1. The third-order valence-corrected chi connectivity index (χ3v) is 5.74. The summed E-state index contributed by atoms with van der Waals surface area (Å²) >= 11 is 0. The highest BCUT2D eigenvalue weighted by Crippen LogP contribution is 2.13. The molecule has 1 N–H and O–H groups in total. The lowest BCUT2D eigenvalue weighted by molar-refractivity contribution is -0.132. The first-order valence-electron chi connectivity index (χ1n) is 10.7. The standard InChI is InChI=1S/C24H26N4O3/c29-22(11-6-14-28-17-25-21-10-5-4-9-20(21)24(28)31)27-15-12-19(13-16-27)26-23(30)18-7-2-1-3-8-18/h1-5,7-10,17,19H,6,11-16H2,(H,26,30). The molecule has 0 spiro atoms. The maximum atomic E-state index is 12.6. The van der Waals surface area contributed by atoms with Gasteiger partial charge in [0.1, 0.15) is 0 Å². The Morgan fingerprint density at radius 3 is 2.48 bits per heavy atom. The second-order valence-corrected chi connectivity index (χ2v) is 7.86. The maximum absolute atomic E-state index is 12.6. The summed E-state index contributed by atoms with van der Waals surface area (Å²) in [7, 11) is 0. The van der Waals surface area contributed by atoms with Gasteiger partial charge in [-0.3, -0.25) is 19.0 Å². The number of fused-ring (bicyclic) bond motifs is 1. The Balaban J connectivity index is 1.23. The number of rotatable bonds is 6. The minimum atomic E-state index is -0.0759. The predicted octanol–water partition coefficient (Wildman–Crippen LogP) is 2.60. The number of para-hydroxylation sites is 1.